The second kappa shape index (κ2) is 7.13. The summed E-state index contributed by atoms with van der Waals surface area (Å²) in [5.74, 6) is -0.347. The van der Waals surface area contributed by atoms with E-state index >= 15 is 0 Å². The normalized spacial score (nSPS) is 10.2. The van der Waals surface area contributed by atoms with E-state index in [1.54, 1.807) is 12.1 Å². The van der Waals surface area contributed by atoms with Gasteiger partial charge in [0.2, 0.25) is 0 Å². The first-order valence-electron chi connectivity index (χ1n) is 6.48. The van der Waals surface area contributed by atoms with Crippen LogP contribution in [0.3, 0.4) is 0 Å². The molecule has 0 aromatic heterocycles. The molecule has 0 saturated heterocycles. The van der Waals surface area contributed by atoms with Gasteiger partial charge >= 0.3 is 5.97 Å². The molecule has 2 rings (SSSR count). The minimum Gasteiger partial charge on any atom is -0.490 e. The molecule has 0 fully saturated rings. The summed E-state index contributed by atoms with van der Waals surface area (Å²) >= 11 is 3.39. The standard InChI is InChI=1S/C16H15BrO4/c1-2-20-14-8-4-7-13(16(18)19)15(14)21-10-11-5-3-6-12(17)9-11/h3-9H,2,10H2,1H3,(H,18,19). The third-order valence-corrected chi connectivity index (χ3v) is 3.27. The van der Waals surface area contributed by atoms with Crippen molar-refractivity contribution < 1.29 is 19.4 Å². The van der Waals surface area contributed by atoms with E-state index in [0.29, 0.717) is 12.4 Å². The van der Waals surface area contributed by atoms with Crippen molar-refractivity contribution in [3.8, 4) is 11.5 Å². The number of rotatable bonds is 6. The molecule has 0 radical (unpaired) electrons. The summed E-state index contributed by atoms with van der Waals surface area (Å²) in [4.78, 5) is 11.3. The van der Waals surface area contributed by atoms with Crippen LogP contribution in [0.1, 0.15) is 22.8 Å². The molecule has 0 atom stereocenters. The lowest BCUT2D eigenvalue weighted by Crippen LogP contribution is -2.06. The predicted molar refractivity (Wildman–Crippen MR) is 83.0 cm³/mol. The van der Waals surface area contributed by atoms with Gasteiger partial charge in [0.1, 0.15) is 12.2 Å². The molecule has 0 heterocycles. The molecule has 2 aromatic carbocycles. The molecule has 0 amide bonds. The van der Waals surface area contributed by atoms with Gasteiger partial charge in [-0.25, -0.2) is 4.79 Å². The lowest BCUT2D eigenvalue weighted by atomic mass is 10.2. The van der Waals surface area contributed by atoms with E-state index in [2.05, 4.69) is 15.9 Å². The fourth-order valence-corrected chi connectivity index (χ4v) is 2.33. The zero-order valence-electron chi connectivity index (χ0n) is 11.5. The van der Waals surface area contributed by atoms with Gasteiger partial charge in [-0.3, -0.25) is 0 Å². The Morgan fingerprint density at radius 1 is 1.19 bits per heavy atom. The highest BCUT2D eigenvalue weighted by molar-refractivity contribution is 9.10. The molecule has 1 N–H and O–H groups in total. The van der Waals surface area contributed by atoms with Gasteiger partial charge in [-0.15, -0.1) is 0 Å². The van der Waals surface area contributed by atoms with Gasteiger partial charge in [-0.1, -0.05) is 34.1 Å². The molecule has 2 aromatic rings. The van der Waals surface area contributed by atoms with E-state index in [9.17, 15) is 9.90 Å². The van der Waals surface area contributed by atoms with Gasteiger partial charge in [-0.2, -0.15) is 0 Å². The maximum absolute atomic E-state index is 11.3. The molecule has 5 heteroatoms. The van der Waals surface area contributed by atoms with Crippen molar-refractivity contribution in [1.29, 1.82) is 0 Å². The fraction of sp³-hybridized carbons (Fsp3) is 0.188. The van der Waals surface area contributed by atoms with Gasteiger partial charge in [0, 0.05) is 4.47 Å². The SMILES string of the molecule is CCOc1cccc(C(=O)O)c1OCc1cccc(Br)c1. The molecular weight excluding hydrogens is 336 g/mol. The summed E-state index contributed by atoms with van der Waals surface area (Å²) in [6.07, 6.45) is 0. The van der Waals surface area contributed by atoms with E-state index in [0.717, 1.165) is 10.0 Å². The molecule has 0 saturated carbocycles. The van der Waals surface area contributed by atoms with Crippen LogP contribution in [0.15, 0.2) is 46.9 Å². The largest absolute Gasteiger partial charge is 0.490 e. The van der Waals surface area contributed by atoms with Gasteiger partial charge in [-0.05, 0) is 36.8 Å². The molecule has 0 unspecified atom stereocenters. The second-order valence-corrected chi connectivity index (χ2v) is 5.21. The molecule has 0 spiro atoms. The number of halogens is 1. The second-order valence-electron chi connectivity index (χ2n) is 4.29. The Morgan fingerprint density at radius 3 is 2.62 bits per heavy atom. The van der Waals surface area contributed by atoms with Crippen LogP contribution in [0.5, 0.6) is 11.5 Å². The number of aromatic carboxylic acids is 1. The van der Waals surface area contributed by atoms with Crippen LogP contribution in [-0.4, -0.2) is 17.7 Å². The van der Waals surface area contributed by atoms with Gasteiger partial charge < -0.3 is 14.6 Å². The van der Waals surface area contributed by atoms with E-state index in [1.807, 2.05) is 31.2 Å². The number of carboxylic acid groups (broad SMARTS) is 1. The zero-order chi connectivity index (χ0) is 15.2. The summed E-state index contributed by atoms with van der Waals surface area (Å²) < 4.78 is 12.1. The third kappa shape index (κ3) is 3.98. The number of carbonyl (C=O) groups is 1. The van der Waals surface area contributed by atoms with Crippen molar-refractivity contribution >= 4 is 21.9 Å². The van der Waals surface area contributed by atoms with Crippen LogP contribution in [0.2, 0.25) is 0 Å². The predicted octanol–water partition coefficient (Wildman–Crippen LogP) is 4.13. The highest BCUT2D eigenvalue weighted by Gasteiger charge is 2.16. The van der Waals surface area contributed by atoms with Crippen LogP contribution >= 0.6 is 15.9 Å². The van der Waals surface area contributed by atoms with Crippen LogP contribution in [0.25, 0.3) is 0 Å². The fourth-order valence-electron chi connectivity index (χ4n) is 1.88. The molecule has 0 aliphatic heterocycles. The molecule has 0 aliphatic carbocycles. The average Bonchev–Trinajstić information content (AvgIpc) is 2.46. The number of hydrogen-bond acceptors (Lipinski definition) is 3. The smallest absolute Gasteiger partial charge is 0.339 e. The van der Waals surface area contributed by atoms with Gasteiger partial charge in [0.15, 0.2) is 11.5 Å². The summed E-state index contributed by atoms with van der Waals surface area (Å²) in [7, 11) is 0. The number of para-hydroxylation sites is 1. The Bertz CT molecular complexity index is 640. The van der Waals surface area contributed by atoms with Crippen molar-refractivity contribution in [3.63, 3.8) is 0 Å². The quantitative estimate of drug-likeness (QED) is 0.850. The van der Waals surface area contributed by atoms with E-state index in [4.69, 9.17) is 9.47 Å². The van der Waals surface area contributed by atoms with E-state index < -0.39 is 5.97 Å². The number of hydrogen-bond donors (Lipinski definition) is 1. The molecule has 21 heavy (non-hydrogen) atoms. The molecule has 4 nitrogen and oxygen atoms in total. The Labute approximate surface area is 131 Å². The monoisotopic (exact) mass is 350 g/mol. The zero-order valence-corrected chi connectivity index (χ0v) is 13.1. The van der Waals surface area contributed by atoms with Crippen LogP contribution in [0.4, 0.5) is 0 Å². The number of ether oxygens (including phenoxy) is 2. The van der Waals surface area contributed by atoms with Gasteiger partial charge in [0.05, 0.1) is 6.61 Å². The maximum atomic E-state index is 11.3. The molecule has 0 bridgehead atoms. The molecule has 110 valence electrons. The minimum atomic E-state index is -1.04. The average molecular weight is 351 g/mol. The summed E-state index contributed by atoms with van der Waals surface area (Å²) in [6.45, 7) is 2.55. The third-order valence-electron chi connectivity index (χ3n) is 2.78. The Hall–Kier alpha value is -2.01. The Morgan fingerprint density at radius 2 is 1.95 bits per heavy atom. The molecular formula is C16H15BrO4. The van der Waals surface area contributed by atoms with Crippen molar-refractivity contribution in [1.82, 2.24) is 0 Å². The lowest BCUT2D eigenvalue weighted by Gasteiger charge is -2.14. The molecule has 0 aliphatic rings. The minimum absolute atomic E-state index is 0.0935. The van der Waals surface area contributed by atoms with E-state index in [1.165, 1.54) is 6.07 Å². The van der Waals surface area contributed by atoms with Crippen LogP contribution in [0, 0.1) is 0 Å². The number of benzene rings is 2. The Balaban J connectivity index is 2.26. The first-order valence-corrected chi connectivity index (χ1v) is 7.27. The van der Waals surface area contributed by atoms with E-state index in [-0.39, 0.29) is 17.9 Å². The van der Waals surface area contributed by atoms with Crippen molar-refractivity contribution in [3.05, 3.63) is 58.1 Å². The maximum Gasteiger partial charge on any atom is 0.339 e. The van der Waals surface area contributed by atoms with Crippen molar-refractivity contribution in [2.75, 3.05) is 6.61 Å². The highest BCUT2D eigenvalue weighted by atomic mass is 79.9. The topological polar surface area (TPSA) is 55.8 Å². The first-order chi connectivity index (χ1) is 10.1. The van der Waals surface area contributed by atoms with Crippen LogP contribution < -0.4 is 9.47 Å². The Kier molecular flexibility index (Phi) is 5.22. The summed E-state index contributed by atoms with van der Waals surface area (Å²) in [5.41, 5.74) is 1.03. The van der Waals surface area contributed by atoms with Crippen molar-refractivity contribution in [2.24, 2.45) is 0 Å². The summed E-state index contributed by atoms with van der Waals surface area (Å²) in [6, 6.07) is 12.5. The summed E-state index contributed by atoms with van der Waals surface area (Å²) in [5, 5.41) is 9.26. The highest BCUT2D eigenvalue weighted by Crippen LogP contribution is 2.32. The number of carboxylic acids is 1. The first kappa shape index (κ1) is 15.4. The van der Waals surface area contributed by atoms with Gasteiger partial charge in [0.25, 0.3) is 0 Å². The van der Waals surface area contributed by atoms with Crippen LogP contribution in [-0.2, 0) is 6.61 Å². The lowest BCUT2D eigenvalue weighted by molar-refractivity contribution is 0.0690. The van der Waals surface area contributed by atoms with Crippen molar-refractivity contribution in [2.45, 2.75) is 13.5 Å².